The van der Waals surface area contributed by atoms with Crippen LogP contribution in [0.2, 0.25) is 5.02 Å². The Morgan fingerprint density at radius 2 is 2.00 bits per heavy atom. The summed E-state index contributed by atoms with van der Waals surface area (Å²) in [7, 11) is 0. The topological polar surface area (TPSA) is 45.2 Å². The number of nitrogens with zero attached hydrogens (tertiary/aromatic N) is 2. The van der Waals surface area contributed by atoms with Crippen LogP contribution >= 0.6 is 11.6 Å². The fourth-order valence-corrected chi connectivity index (χ4v) is 3.91. The van der Waals surface area contributed by atoms with Crippen molar-refractivity contribution in [3.05, 3.63) is 70.7 Å². The molecule has 1 unspecified atom stereocenters. The molecule has 28 heavy (non-hydrogen) atoms. The highest BCUT2D eigenvalue weighted by Gasteiger charge is 2.20. The first-order valence-electron chi connectivity index (χ1n) is 9.77. The van der Waals surface area contributed by atoms with Crippen LogP contribution in [0.1, 0.15) is 35.7 Å². The number of fused-ring (bicyclic) bond motifs is 1. The Hall–Kier alpha value is -2.59. The van der Waals surface area contributed by atoms with Crippen LogP contribution in [0, 0.1) is 5.92 Å². The lowest BCUT2D eigenvalue weighted by atomic mass is 10.00. The van der Waals surface area contributed by atoms with Crippen molar-refractivity contribution in [2.75, 3.05) is 18.0 Å². The standard InChI is InChI=1S/C23H24ClN3O/c1-16-5-4-12-27(15-16)22-13-20(19-6-2-3-7-21(19)26-22)23(28)25-14-17-8-10-18(24)11-9-17/h2-3,6-11,13,16H,4-5,12,14-15H2,1H3,(H,25,28). The molecule has 2 aromatic carbocycles. The average molecular weight is 394 g/mol. The van der Waals surface area contributed by atoms with Crippen LogP contribution in [0.5, 0.6) is 0 Å². The molecule has 0 saturated carbocycles. The maximum atomic E-state index is 13.0. The molecule has 5 heteroatoms. The molecule has 1 aromatic heterocycles. The van der Waals surface area contributed by atoms with Crippen LogP contribution in [-0.4, -0.2) is 24.0 Å². The normalized spacial score (nSPS) is 16.9. The molecule has 0 bridgehead atoms. The molecule has 1 N–H and O–H groups in total. The number of piperidine rings is 1. The van der Waals surface area contributed by atoms with Crippen molar-refractivity contribution < 1.29 is 4.79 Å². The van der Waals surface area contributed by atoms with E-state index in [1.54, 1.807) is 0 Å². The Bertz CT molecular complexity index is 987. The van der Waals surface area contributed by atoms with Gasteiger partial charge in [-0.15, -0.1) is 0 Å². The summed E-state index contributed by atoms with van der Waals surface area (Å²) in [5, 5.41) is 4.61. The predicted octanol–water partition coefficient (Wildman–Crippen LogP) is 5.05. The van der Waals surface area contributed by atoms with Gasteiger partial charge in [0, 0.05) is 30.0 Å². The number of amides is 1. The number of nitrogens with one attached hydrogen (secondary N) is 1. The number of hydrogen-bond acceptors (Lipinski definition) is 3. The Balaban J connectivity index is 1.62. The monoisotopic (exact) mass is 393 g/mol. The Labute approximate surface area is 170 Å². The number of pyridine rings is 1. The second-order valence-electron chi connectivity index (χ2n) is 7.55. The van der Waals surface area contributed by atoms with Gasteiger partial charge < -0.3 is 10.2 Å². The van der Waals surface area contributed by atoms with Crippen molar-refractivity contribution in [3.8, 4) is 0 Å². The molecule has 2 heterocycles. The van der Waals surface area contributed by atoms with Crippen LogP contribution in [-0.2, 0) is 6.54 Å². The quantitative estimate of drug-likeness (QED) is 0.674. The lowest BCUT2D eigenvalue weighted by Crippen LogP contribution is -2.35. The van der Waals surface area contributed by atoms with Gasteiger partial charge in [0.25, 0.3) is 5.91 Å². The summed E-state index contributed by atoms with van der Waals surface area (Å²) >= 11 is 5.94. The van der Waals surface area contributed by atoms with Gasteiger partial charge in [-0.1, -0.05) is 48.9 Å². The lowest BCUT2D eigenvalue weighted by Gasteiger charge is -2.32. The van der Waals surface area contributed by atoms with Crippen LogP contribution in [0.3, 0.4) is 0 Å². The van der Waals surface area contributed by atoms with E-state index in [1.165, 1.54) is 6.42 Å². The summed E-state index contributed by atoms with van der Waals surface area (Å²) in [6.45, 7) is 4.70. The van der Waals surface area contributed by atoms with E-state index in [0.29, 0.717) is 23.0 Å². The highest BCUT2D eigenvalue weighted by Crippen LogP contribution is 2.26. The number of anilines is 1. The molecule has 0 aliphatic carbocycles. The van der Waals surface area contributed by atoms with Crippen molar-refractivity contribution in [3.63, 3.8) is 0 Å². The summed E-state index contributed by atoms with van der Waals surface area (Å²) < 4.78 is 0. The number of benzene rings is 2. The zero-order chi connectivity index (χ0) is 19.5. The van der Waals surface area contributed by atoms with E-state index in [-0.39, 0.29) is 5.91 Å². The van der Waals surface area contributed by atoms with Gasteiger partial charge >= 0.3 is 0 Å². The Kier molecular flexibility index (Phi) is 5.49. The van der Waals surface area contributed by atoms with E-state index in [1.807, 2.05) is 54.6 Å². The molecule has 1 fully saturated rings. The molecule has 1 atom stereocenters. The summed E-state index contributed by atoms with van der Waals surface area (Å²) in [5.41, 5.74) is 2.55. The maximum absolute atomic E-state index is 13.0. The van der Waals surface area contributed by atoms with E-state index < -0.39 is 0 Å². The van der Waals surface area contributed by atoms with Crippen LogP contribution < -0.4 is 10.2 Å². The second-order valence-corrected chi connectivity index (χ2v) is 7.98. The summed E-state index contributed by atoms with van der Waals surface area (Å²) in [6.07, 6.45) is 2.41. The Morgan fingerprint density at radius 3 is 2.79 bits per heavy atom. The van der Waals surface area contributed by atoms with Gasteiger partial charge in [-0.2, -0.15) is 0 Å². The first-order chi connectivity index (χ1) is 13.6. The third kappa shape index (κ3) is 4.12. The molecule has 1 saturated heterocycles. The highest BCUT2D eigenvalue weighted by atomic mass is 35.5. The molecule has 1 amide bonds. The van der Waals surface area contributed by atoms with Gasteiger partial charge in [0.15, 0.2) is 0 Å². The molecule has 3 aromatic rings. The minimum atomic E-state index is -0.0835. The third-order valence-electron chi connectivity index (χ3n) is 5.29. The van der Waals surface area contributed by atoms with E-state index >= 15 is 0 Å². The molecular weight excluding hydrogens is 370 g/mol. The summed E-state index contributed by atoms with van der Waals surface area (Å²) in [4.78, 5) is 20.2. The van der Waals surface area contributed by atoms with Crippen LogP contribution in [0.25, 0.3) is 10.9 Å². The van der Waals surface area contributed by atoms with Gasteiger partial charge in [0.2, 0.25) is 0 Å². The average Bonchev–Trinajstić information content (AvgIpc) is 2.72. The molecule has 0 spiro atoms. The number of aromatic nitrogens is 1. The largest absolute Gasteiger partial charge is 0.356 e. The zero-order valence-electron chi connectivity index (χ0n) is 16.0. The van der Waals surface area contributed by atoms with E-state index in [0.717, 1.165) is 41.8 Å². The SMILES string of the molecule is CC1CCCN(c2cc(C(=O)NCc3ccc(Cl)cc3)c3ccccc3n2)C1. The molecule has 4 nitrogen and oxygen atoms in total. The van der Waals surface area contributed by atoms with Crippen molar-refractivity contribution in [1.82, 2.24) is 10.3 Å². The van der Waals surface area contributed by atoms with Crippen molar-refractivity contribution in [2.24, 2.45) is 5.92 Å². The van der Waals surface area contributed by atoms with Crippen molar-refractivity contribution in [1.29, 1.82) is 0 Å². The van der Waals surface area contributed by atoms with Gasteiger partial charge in [0.1, 0.15) is 5.82 Å². The molecule has 1 aliphatic heterocycles. The van der Waals surface area contributed by atoms with E-state index in [4.69, 9.17) is 16.6 Å². The number of halogens is 1. The van der Waals surface area contributed by atoms with Crippen LogP contribution in [0.15, 0.2) is 54.6 Å². The first-order valence-corrected chi connectivity index (χ1v) is 10.2. The van der Waals surface area contributed by atoms with Crippen molar-refractivity contribution >= 4 is 34.2 Å². The smallest absolute Gasteiger partial charge is 0.252 e. The number of hydrogen-bond donors (Lipinski definition) is 1. The van der Waals surface area contributed by atoms with Gasteiger partial charge in [0.05, 0.1) is 11.1 Å². The number of carbonyl (C=O) groups excluding carboxylic acids is 1. The minimum Gasteiger partial charge on any atom is -0.356 e. The highest BCUT2D eigenvalue weighted by molar-refractivity contribution is 6.30. The molecule has 144 valence electrons. The van der Waals surface area contributed by atoms with E-state index in [2.05, 4.69) is 17.1 Å². The number of rotatable bonds is 4. The molecule has 0 radical (unpaired) electrons. The second kappa shape index (κ2) is 8.19. The van der Waals surface area contributed by atoms with E-state index in [9.17, 15) is 4.79 Å². The molecule has 4 rings (SSSR count). The lowest BCUT2D eigenvalue weighted by molar-refractivity contribution is 0.0952. The number of carbonyl (C=O) groups is 1. The fraction of sp³-hybridized carbons (Fsp3) is 0.304. The first kappa shape index (κ1) is 18.8. The summed E-state index contributed by atoms with van der Waals surface area (Å²) in [6, 6.07) is 17.3. The summed E-state index contributed by atoms with van der Waals surface area (Å²) in [5.74, 6) is 1.45. The predicted molar refractivity (Wildman–Crippen MR) is 115 cm³/mol. The van der Waals surface area contributed by atoms with Crippen molar-refractivity contribution in [2.45, 2.75) is 26.3 Å². The fourth-order valence-electron chi connectivity index (χ4n) is 3.79. The zero-order valence-corrected chi connectivity index (χ0v) is 16.7. The van der Waals surface area contributed by atoms with Gasteiger partial charge in [-0.3, -0.25) is 4.79 Å². The van der Waals surface area contributed by atoms with Gasteiger partial charge in [-0.05, 0) is 48.6 Å². The maximum Gasteiger partial charge on any atom is 0.252 e. The minimum absolute atomic E-state index is 0.0835. The van der Waals surface area contributed by atoms with Gasteiger partial charge in [-0.25, -0.2) is 4.98 Å². The number of para-hydroxylation sites is 1. The van der Waals surface area contributed by atoms with Crippen LogP contribution in [0.4, 0.5) is 5.82 Å². The molecular formula is C23H24ClN3O. The molecule has 1 aliphatic rings. The third-order valence-corrected chi connectivity index (χ3v) is 5.55. The Morgan fingerprint density at radius 1 is 1.21 bits per heavy atom.